The molecular formula is C26H34N6O4S. The number of rotatable bonds is 7. The number of sulfonamides is 1. The molecule has 2 aliphatic heterocycles. The average Bonchev–Trinajstić information content (AvgIpc) is 2.91. The fraction of sp³-hybridized carbons (Fsp3) is 0.538. The quantitative estimate of drug-likeness (QED) is 0.539. The van der Waals surface area contributed by atoms with Crippen LogP contribution in [-0.4, -0.2) is 90.0 Å². The second-order valence-corrected chi connectivity index (χ2v) is 11.9. The number of likely N-dealkylation sites (tertiary alicyclic amines) is 2. The lowest BCUT2D eigenvalue weighted by Crippen LogP contribution is -2.52. The highest BCUT2D eigenvalue weighted by atomic mass is 32.2. The van der Waals surface area contributed by atoms with E-state index in [9.17, 15) is 13.2 Å². The van der Waals surface area contributed by atoms with Gasteiger partial charge in [0.2, 0.25) is 15.9 Å². The molecule has 0 atom stereocenters. The van der Waals surface area contributed by atoms with Crippen LogP contribution in [0.4, 0.5) is 0 Å². The second-order valence-electron chi connectivity index (χ2n) is 9.82. The normalized spacial score (nSPS) is 18.1. The molecule has 0 spiro atoms. The number of hydrogen-bond acceptors (Lipinski definition) is 8. The minimum atomic E-state index is -3.17. The van der Waals surface area contributed by atoms with Crippen LogP contribution in [0.25, 0.3) is 0 Å². The second kappa shape index (κ2) is 11.5. The molecule has 0 N–H and O–H groups in total. The van der Waals surface area contributed by atoms with Crippen LogP contribution in [0.5, 0.6) is 5.88 Å². The molecule has 11 heteroatoms. The van der Waals surface area contributed by atoms with Crippen LogP contribution in [0.3, 0.4) is 0 Å². The first-order chi connectivity index (χ1) is 17.7. The molecular weight excluding hydrogens is 492 g/mol. The van der Waals surface area contributed by atoms with Gasteiger partial charge in [0.15, 0.2) is 0 Å². The largest absolute Gasteiger partial charge is 0.473 e. The first-order valence-electron chi connectivity index (χ1n) is 12.6. The molecule has 10 nitrogen and oxygen atoms in total. The molecule has 1 aromatic heterocycles. The van der Waals surface area contributed by atoms with Crippen molar-refractivity contribution >= 4 is 15.9 Å². The lowest BCUT2D eigenvalue weighted by molar-refractivity contribution is 0.0542. The van der Waals surface area contributed by atoms with Crippen LogP contribution in [0.15, 0.2) is 30.6 Å². The van der Waals surface area contributed by atoms with Crippen molar-refractivity contribution in [3.8, 4) is 11.9 Å². The summed E-state index contributed by atoms with van der Waals surface area (Å²) in [5, 5.41) is 8.94. The van der Waals surface area contributed by atoms with Crippen LogP contribution in [0, 0.1) is 18.3 Å². The average molecular weight is 527 g/mol. The van der Waals surface area contributed by atoms with Gasteiger partial charge in [0, 0.05) is 37.8 Å². The van der Waals surface area contributed by atoms with Gasteiger partial charge in [-0.3, -0.25) is 4.79 Å². The van der Waals surface area contributed by atoms with Gasteiger partial charge in [0.1, 0.15) is 18.6 Å². The minimum Gasteiger partial charge on any atom is -0.473 e. The third kappa shape index (κ3) is 6.44. The van der Waals surface area contributed by atoms with Crippen LogP contribution in [0.1, 0.15) is 52.9 Å². The predicted molar refractivity (Wildman–Crippen MR) is 138 cm³/mol. The van der Waals surface area contributed by atoms with Gasteiger partial charge in [-0.25, -0.2) is 22.7 Å². The first kappa shape index (κ1) is 27.0. The molecule has 1 aromatic carbocycles. The van der Waals surface area contributed by atoms with E-state index in [0.717, 1.165) is 44.3 Å². The number of hydrogen-bond donors (Lipinski definition) is 0. The number of piperidine rings is 2. The third-order valence-electron chi connectivity index (χ3n) is 7.50. The Hall–Kier alpha value is -3.07. The van der Waals surface area contributed by atoms with E-state index in [2.05, 4.69) is 20.9 Å². The summed E-state index contributed by atoms with van der Waals surface area (Å²) in [6.07, 6.45) is 6.03. The minimum absolute atomic E-state index is 0.0574. The smallest absolute Gasteiger partial charge is 0.272 e. The maximum atomic E-state index is 13.3. The van der Waals surface area contributed by atoms with Crippen molar-refractivity contribution in [3.05, 3.63) is 53.0 Å². The summed E-state index contributed by atoms with van der Waals surface area (Å²) in [7, 11) is -1.51. The van der Waals surface area contributed by atoms with Gasteiger partial charge in [-0.2, -0.15) is 5.26 Å². The number of aromatic nitrogens is 2. The zero-order valence-corrected chi connectivity index (χ0v) is 22.4. The van der Waals surface area contributed by atoms with Gasteiger partial charge in [-0.05, 0) is 63.4 Å². The maximum Gasteiger partial charge on any atom is 0.272 e. The lowest BCUT2D eigenvalue weighted by Gasteiger charge is -2.43. The van der Waals surface area contributed by atoms with E-state index in [1.54, 1.807) is 26.1 Å². The summed E-state index contributed by atoms with van der Waals surface area (Å²) in [5.74, 6) is 0.259. The zero-order chi connectivity index (χ0) is 26.6. The Labute approximate surface area is 218 Å². The molecule has 0 saturated carbocycles. The molecule has 0 bridgehead atoms. The molecule has 2 fully saturated rings. The summed E-state index contributed by atoms with van der Waals surface area (Å²) in [6, 6.07) is 9.68. The number of ether oxygens (including phenoxy) is 1. The fourth-order valence-electron chi connectivity index (χ4n) is 5.09. The van der Waals surface area contributed by atoms with E-state index < -0.39 is 10.0 Å². The Morgan fingerprint density at radius 2 is 1.76 bits per heavy atom. The lowest BCUT2D eigenvalue weighted by atomic mass is 9.97. The molecule has 2 saturated heterocycles. The highest BCUT2D eigenvalue weighted by Gasteiger charge is 2.33. The van der Waals surface area contributed by atoms with Crippen molar-refractivity contribution in [2.75, 3.05) is 39.5 Å². The van der Waals surface area contributed by atoms with Gasteiger partial charge >= 0.3 is 0 Å². The Bertz CT molecular complexity index is 1240. The summed E-state index contributed by atoms with van der Waals surface area (Å²) in [6.45, 7) is 5.11. The van der Waals surface area contributed by atoms with Crippen molar-refractivity contribution < 1.29 is 17.9 Å². The fourth-order valence-corrected chi connectivity index (χ4v) is 5.84. The van der Waals surface area contributed by atoms with Crippen LogP contribution in [-0.2, 0) is 16.6 Å². The Morgan fingerprint density at radius 3 is 2.35 bits per heavy atom. The molecule has 37 heavy (non-hydrogen) atoms. The van der Waals surface area contributed by atoms with E-state index in [1.165, 1.54) is 16.9 Å². The Morgan fingerprint density at radius 1 is 1.11 bits per heavy atom. The summed E-state index contributed by atoms with van der Waals surface area (Å²) in [5.41, 5.74) is 2.45. The molecule has 0 aliphatic carbocycles. The molecule has 2 aliphatic rings. The van der Waals surface area contributed by atoms with Crippen LogP contribution < -0.4 is 4.74 Å². The number of nitrogens with zero attached hydrogens (tertiary/aromatic N) is 6. The van der Waals surface area contributed by atoms with Gasteiger partial charge in [-0.1, -0.05) is 12.1 Å². The van der Waals surface area contributed by atoms with Gasteiger partial charge in [0.05, 0.1) is 17.9 Å². The van der Waals surface area contributed by atoms with E-state index in [1.807, 2.05) is 17.0 Å². The Balaban J connectivity index is 1.30. The number of carbonyl (C=O) groups is 1. The van der Waals surface area contributed by atoms with Crippen LogP contribution in [0.2, 0.25) is 0 Å². The predicted octanol–water partition coefficient (Wildman–Crippen LogP) is 2.20. The molecule has 0 radical (unpaired) electrons. The molecule has 2 aromatic rings. The van der Waals surface area contributed by atoms with Gasteiger partial charge < -0.3 is 14.5 Å². The van der Waals surface area contributed by atoms with E-state index in [0.29, 0.717) is 41.8 Å². The summed E-state index contributed by atoms with van der Waals surface area (Å²) < 4.78 is 31.1. The number of benzene rings is 1. The number of nitriles is 1. The SMILES string of the molecule is Cc1c(OCc2ccc(C#N)cc2)ncnc1C(=O)N1CCC(N2CCC(N(C)S(C)(=O)=O)CC2)CC1. The molecule has 1 amide bonds. The van der Waals surface area contributed by atoms with E-state index in [-0.39, 0.29) is 18.6 Å². The van der Waals surface area contributed by atoms with Crippen LogP contribution >= 0.6 is 0 Å². The summed E-state index contributed by atoms with van der Waals surface area (Å²) in [4.78, 5) is 26.1. The number of amides is 1. The Kier molecular flexibility index (Phi) is 8.42. The van der Waals surface area contributed by atoms with Gasteiger partial charge in [0.25, 0.3) is 5.91 Å². The van der Waals surface area contributed by atoms with Gasteiger partial charge in [-0.15, -0.1) is 0 Å². The highest BCUT2D eigenvalue weighted by Crippen LogP contribution is 2.26. The van der Waals surface area contributed by atoms with E-state index >= 15 is 0 Å². The zero-order valence-electron chi connectivity index (χ0n) is 21.6. The molecule has 4 rings (SSSR count). The maximum absolute atomic E-state index is 13.3. The van der Waals surface area contributed by atoms with Crippen molar-refractivity contribution in [2.24, 2.45) is 0 Å². The standard InChI is InChI=1S/C26H34N6O4S/c1-19-24(28-18-29-25(19)36-17-21-6-4-20(16-27)5-7-21)26(33)32-14-10-23(11-15-32)31-12-8-22(9-13-31)30(2)37(3,34)35/h4-7,18,22-23H,8-15,17H2,1-3H3. The molecule has 0 unspecified atom stereocenters. The number of carbonyl (C=O) groups excluding carboxylic acids is 1. The monoisotopic (exact) mass is 526 g/mol. The summed E-state index contributed by atoms with van der Waals surface area (Å²) >= 11 is 0. The first-order valence-corrected chi connectivity index (χ1v) is 14.4. The van der Waals surface area contributed by atoms with E-state index in [4.69, 9.17) is 10.00 Å². The van der Waals surface area contributed by atoms with Crippen molar-refractivity contribution in [1.29, 1.82) is 5.26 Å². The van der Waals surface area contributed by atoms with Crippen molar-refractivity contribution in [3.63, 3.8) is 0 Å². The van der Waals surface area contributed by atoms with Crippen molar-refractivity contribution in [2.45, 2.75) is 51.3 Å². The topological polar surface area (TPSA) is 120 Å². The molecule has 3 heterocycles. The highest BCUT2D eigenvalue weighted by molar-refractivity contribution is 7.88. The molecule has 198 valence electrons. The van der Waals surface area contributed by atoms with Crippen molar-refractivity contribution in [1.82, 2.24) is 24.1 Å². The third-order valence-corrected chi connectivity index (χ3v) is 8.85.